The van der Waals surface area contributed by atoms with E-state index in [2.05, 4.69) is 10.3 Å². The normalized spacial score (nSPS) is 11.5. The Kier molecular flexibility index (Phi) is 5.65. The molecule has 0 spiro atoms. The highest BCUT2D eigenvalue weighted by atomic mass is 35.5. The molecule has 1 atom stereocenters. The summed E-state index contributed by atoms with van der Waals surface area (Å²) in [5.74, 6) is -1.38. The van der Waals surface area contributed by atoms with Crippen LogP contribution in [0.2, 0.25) is 5.15 Å². The Balaban J connectivity index is 2.02. The number of esters is 1. The number of anilines is 1. The predicted octanol–water partition coefficient (Wildman–Crippen LogP) is 3.12. The van der Waals surface area contributed by atoms with Crippen molar-refractivity contribution in [3.05, 3.63) is 58.9 Å². The van der Waals surface area contributed by atoms with Crippen molar-refractivity contribution in [2.45, 2.75) is 20.0 Å². The summed E-state index contributed by atoms with van der Waals surface area (Å²) in [6, 6.07) is 9.48. The van der Waals surface area contributed by atoms with Crippen LogP contribution in [0.25, 0.3) is 0 Å². The molecule has 0 saturated heterocycles. The first-order chi connectivity index (χ1) is 11.4. The molecule has 1 N–H and O–H groups in total. The predicted molar refractivity (Wildman–Crippen MR) is 89.2 cm³/mol. The number of Topliss-reactive ketones (excluding diaryl/α,β-unsaturated/α-hetero) is 1. The highest BCUT2D eigenvalue weighted by Gasteiger charge is 2.21. The second-order valence-electron chi connectivity index (χ2n) is 5.02. The van der Waals surface area contributed by atoms with Gasteiger partial charge in [-0.25, -0.2) is 9.78 Å². The molecule has 1 amide bonds. The quantitative estimate of drug-likeness (QED) is 0.510. The summed E-state index contributed by atoms with van der Waals surface area (Å²) >= 11 is 5.81. The van der Waals surface area contributed by atoms with Gasteiger partial charge in [0, 0.05) is 17.4 Å². The maximum atomic E-state index is 12.1. The molecule has 1 heterocycles. The lowest BCUT2D eigenvalue weighted by Crippen LogP contribution is -2.30. The number of rotatable bonds is 5. The molecule has 0 aliphatic rings. The summed E-state index contributed by atoms with van der Waals surface area (Å²) in [6.07, 6.45) is 0.395. The lowest BCUT2D eigenvalue weighted by molar-refractivity contribution is -0.123. The number of carbonyl (C=O) groups is 3. The molecule has 0 saturated carbocycles. The number of halogens is 1. The van der Waals surface area contributed by atoms with Crippen LogP contribution in [0.3, 0.4) is 0 Å². The molecule has 2 aromatic rings. The van der Waals surface area contributed by atoms with Crippen molar-refractivity contribution in [1.29, 1.82) is 0 Å². The first-order valence-electron chi connectivity index (χ1n) is 7.12. The van der Waals surface area contributed by atoms with Crippen LogP contribution in [0.4, 0.5) is 5.69 Å². The maximum absolute atomic E-state index is 12.1. The molecular weight excluding hydrogens is 332 g/mol. The third-order valence-electron chi connectivity index (χ3n) is 3.17. The summed E-state index contributed by atoms with van der Waals surface area (Å²) in [7, 11) is 0. The number of aromatic nitrogens is 1. The highest BCUT2D eigenvalue weighted by molar-refractivity contribution is 6.32. The number of ketones is 1. The van der Waals surface area contributed by atoms with Crippen molar-refractivity contribution in [3.63, 3.8) is 0 Å². The molecular formula is C17H15ClN2O4. The van der Waals surface area contributed by atoms with Crippen LogP contribution < -0.4 is 5.32 Å². The number of hydrogen-bond donors (Lipinski definition) is 1. The number of ether oxygens (including phenoxy) is 1. The molecule has 0 bridgehead atoms. The highest BCUT2D eigenvalue weighted by Crippen LogP contribution is 2.15. The number of amides is 1. The van der Waals surface area contributed by atoms with Crippen LogP contribution in [0.15, 0.2) is 42.6 Å². The number of pyridine rings is 1. The van der Waals surface area contributed by atoms with E-state index in [1.807, 2.05) is 0 Å². The fourth-order valence-corrected chi connectivity index (χ4v) is 2.07. The summed E-state index contributed by atoms with van der Waals surface area (Å²) in [5.41, 5.74) is 0.993. The second-order valence-corrected chi connectivity index (χ2v) is 5.37. The summed E-state index contributed by atoms with van der Waals surface area (Å²) in [5, 5.41) is 2.60. The van der Waals surface area contributed by atoms with E-state index in [0.717, 1.165) is 0 Å². The molecule has 0 radical (unpaired) electrons. The largest absolute Gasteiger partial charge is 0.449 e. The van der Waals surface area contributed by atoms with E-state index in [1.165, 1.54) is 26.1 Å². The van der Waals surface area contributed by atoms with Crippen molar-refractivity contribution in [1.82, 2.24) is 4.98 Å². The van der Waals surface area contributed by atoms with Crippen LogP contribution in [-0.2, 0) is 9.53 Å². The van der Waals surface area contributed by atoms with Gasteiger partial charge in [-0.15, -0.1) is 0 Å². The Labute approximate surface area is 143 Å². The van der Waals surface area contributed by atoms with Crippen LogP contribution >= 0.6 is 11.6 Å². The second kappa shape index (κ2) is 7.70. The van der Waals surface area contributed by atoms with Gasteiger partial charge in [-0.05, 0) is 38.1 Å². The molecule has 0 fully saturated rings. The zero-order chi connectivity index (χ0) is 17.7. The summed E-state index contributed by atoms with van der Waals surface area (Å²) in [4.78, 5) is 39.3. The van der Waals surface area contributed by atoms with Gasteiger partial charge in [0.05, 0.1) is 5.56 Å². The van der Waals surface area contributed by atoms with Gasteiger partial charge in [0.1, 0.15) is 5.15 Å². The minimum Gasteiger partial charge on any atom is -0.449 e. The standard InChI is InChI=1S/C17H15ClN2O4/c1-10(21)12-5-3-6-13(9-12)20-16(22)11(2)24-17(23)14-7-4-8-19-15(14)18/h3-9,11H,1-2H3,(H,20,22). The van der Waals surface area contributed by atoms with Gasteiger partial charge in [0.2, 0.25) is 0 Å². The van der Waals surface area contributed by atoms with Crippen molar-refractivity contribution >= 4 is 34.9 Å². The molecule has 0 aliphatic heterocycles. The summed E-state index contributed by atoms with van der Waals surface area (Å²) in [6.45, 7) is 2.87. The first-order valence-corrected chi connectivity index (χ1v) is 7.49. The first kappa shape index (κ1) is 17.6. The average molecular weight is 347 g/mol. The van der Waals surface area contributed by atoms with Crippen LogP contribution in [0.1, 0.15) is 34.6 Å². The van der Waals surface area contributed by atoms with Crippen molar-refractivity contribution in [3.8, 4) is 0 Å². The molecule has 124 valence electrons. The van der Waals surface area contributed by atoms with E-state index in [0.29, 0.717) is 11.3 Å². The lowest BCUT2D eigenvalue weighted by Gasteiger charge is -2.14. The molecule has 24 heavy (non-hydrogen) atoms. The van der Waals surface area contributed by atoms with Gasteiger partial charge < -0.3 is 10.1 Å². The molecule has 1 aromatic carbocycles. The number of nitrogens with one attached hydrogen (secondary N) is 1. The third kappa shape index (κ3) is 4.39. The Bertz CT molecular complexity index is 792. The van der Waals surface area contributed by atoms with Crippen molar-refractivity contribution in [2.75, 3.05) is 5.32 Å². The van der Waals surface area contributed by atoms with E-state index in [1.54, 1.807) is 30.3 Å². The smallest absolute Gasteiger partial charge is 0.342 e. The third-order valence-corrected chi connectivity index (χ3v) is 3.47. The minimum absolute atomic E-state index is 0.00395. The number of nitrogens with zero attached hydrogens (tertiary/aromatic N) is 1. The van der Waals surface area contributed by atoms with Gasteiger partial charge in [-0.3, -0.25) is 9.59 Å². The van der Waals surface area contributed by atoms with Crippen LogP contribution in [0, 0.1) is 0 Å². The molecule has 1 unspecified atom stereocenters. The minimum atomic E-state index is -1.05. The molecule has 7 heteroatoms. The van der Waals surface area contributed by atoms with E-state index >= 15 is 0 Å². The molecule has 1 aromatic heterocycles. The Morgan fingerprint density at radius 2 is 1.96 bits per heavy atom. The van der Waals surface area contributed by atoms with Crippen LogP contribution in [-0.4, -0.2) is 28.7 Å². The fraction of sp³-hybridized carbons (Fsp3) is 0.176. The monoisotopic (exact) mass is 346 g/mol. The summed E-state index contributed by atoms with van der Waals surface area (Å²) < 4.78 is 5.09. The number of benzene rings is 1. The molecule has 6 nitrogen and oxygen atoms in total. The molecule has 0 aliphatic carbocycles. The molecule has 2 rings (SSSR count). The SMILES string of the molecule is CC(=O)c1cccc(NC(=O)C(C)OC(=O)c2cccnc2Cl)c1. The van der Waals surface area contributed by atoms with Gasteiger partial charge in [-0.2, -0.15) is 0 Å². The van der Waals surface area contributed by atoms with Crippen molar-refractivity contribution in [2.24, 2.45) is 0 Å². The number of carbonyl (C=O) groups excluding carboxylic acids is 3. The van der Waals surface area contributed by atoms with E-state index in [-0.39, 0.29) is 16.5 Å². The van der Waals surface area contributed by atoms with Gasteiger partial charge >= 0.3 is 5.97 Å². The van der Waals surface area contributed by atoms with E-state index < -0.39 is 18.0 Å². The fourth-order valence-electron chi connectivity index (χ4n) is 1.88. The zero-order valence-corrected chi connectivity index (χ0v) is 13.8. The topological polar surface area (TPSA) is 85.4 Å². The Morgan fingerprint density at radius 1 is 1.21 bits per heavy atom. The lowest BCUT2D eigenvalue weighted by atomic mass is 10.1. The maximum Gasteiger partial charge on any atom is 0.342 e. The van der Waals surface area contributed by atoms with Gasteiger partial charge in [0.25, 0.3) is 5.91 Å². The Hall–Kier alpha value is -2.73. The van der Waals surface area contributed by atoms with Crippen molar-refractivity contribution < 1.29 is 19.1 Å². The number of hydrogen-bond acceptors (Lipinski definition) is 5. The zero-order valence-electron chi connectivity index (χ0n) is 13.1. The average Bonchev–Trinajstić information content (AvgIpc) is 2.55. The van der Waals surface area contributed by atoms with E-state index in [4.69, 9.17) is 16.3 Å². The van der Waals surface area contributed by atoms with Crippen LogP contribution in [0.5, 0.6) is 0 Å². The Morgan fingerprint density at radius 3 is 2.62 bits per heavy atom. The van der Waals surface area contributed by atoms with Gasteiger partial charge in [0.15, 0.2) is 11.9 Å². The van der Waals surface area contributed by atoms with E-state index in [9.17, 15) is 14.4 Å². The van der Waals surface area contributed by atoms with Gasteiger partial charge in [-0.1, -0.05) is 23.7 Å².